The predicted octanol–water partition coefficient (Wildman–Crippen LogP) is 1.37. The topological polar surface area (TPSA) is 97.1 Å². The van der Waals surface area contributed by atoms with Gasteiger partial charge in [0.2, 0.25) is 0 Å². The Morgan fingerprint density at radius 1 is 1.32 bits per heavy atom. The first-order valence-corrected chi connectivity index (χ1v) is 7.91. The van der Waals surface area contributed by atoms with Gasteiger partial charge in [0.1, 0.15) is 0 Å². The number of hydrogen-bond acceptors (Lipinski definition) is 5. The molecule has 1 fully saturated rings. The summed E-state index contributed by atoms with van der Waals surface area (Å²) in [5, 5.41) is -0.0516. The van der Waals surface area contributed by atoms with Gasteiger partial charge in [-0.15, -0.1) is 0 Å². The van der Waals surface area contributed by atoms with E-state index in [1.807, 2.05) is 6.92 Å². The van der Waals surface area contributed by atoms with Crippen LogP contribution in [-0.4, -0.2) is 18.9 Å². The van der Waals surface area contributed by atoms with Crippen LogP contribution in [0.2, 0.25) is 0 Å². The van der Waals surface area contributed by atoms with Crippen molar-refractivity contribution in [3.05, 3.63) is 18.3 Å². The number of nitrogens with zero attached hydrogens (tertiary/aromatic N) is 1. The number of hydrogen-bond donors (Lipinski definition) is 3. The lowest BCUT2D eigenvalue weighted by Gasteiger charge is -2.34. The van der Waals surface area contributed by atoms with Gasteiger partial charge in [-0.05, 0) is 31.9 Å². The Balaban J connectivity index is 2.27. The first kappa shape index (κ1) is 14.2. The molecule has 0 atom stereocenters. The zero-order valence-electron chi connectivity index (χ0n) is 11.0. The fraction of sp³-hybridized carbons (Fsp3) is 0.583. The number of nitrogen functional groups attached to an aromatic ring is 1. The van der Waals surface area contributed by atoms with Crippen molar-refractivity contribution < 1.29 is 8.42 Å². The molecule has 1 aromatic rings. The fourth-order valence-electron chi connectivity index (χ4n) is 2.52. The van der Waals surface area contributed by atoms with Crippen LogP contribution < -0.4 is 16.0 Å². The van der Waals surface area contributed by atoms with Crippen LogP contribution in [0.15, 0.2) is 23.4 Å². The van der Waals surface area contributed by atoms with Crippen molar-refractivity contribution in [2.24, 2.45) is 5.84 Å². The van der Waals surface area contributed by atoms with E-state index in [1.54, 1.807) is 12.1 Å². The average molecular weight is 284 g/mol. The monoisotopic (exact) mass is 284 g/mol. The van der Waals surface area contributed by atoms with Crippen molar-refractivity contribution in [3.8, 4) is 0 Å². The Morgan fingerprint density at radius 3 is 2.63 bits per heavy atom. The highest BCUT2D eigenvalue weighted by Gasteiger charge is 2.33. The summed E-state index contributed by atoms with van der Waals surface area (Å²) in [4.78, 5) is 3.92. The summed E-state index contributed by atoms with van der Waals surface area (Å²) in [7, 11) is -3.66. The van der Waals surface area contributed by atoms with Crippen molar-refractivity contribution in [1.82, 2.24) is 9.71 Å². The van der Waals surface area contributed by atoms with Crippen LogP contribution in [0.4, 0.5) is 5.69 Å². The number of sulfonamides is 1. The van der Waals surface area contributed by atoms with E-state index in [0.29, 0.717) is 5.69 Å². The van der Waals surface area contributed by atoms with E-state index in [0.717, 1.165) is 32.1 Å². The van der Waals surface area contributed by atoms with E-state index in [1.165, 1.54) is 6.20 Å². The van der Waals surface area contributed by atoms with Crippen molar-refractivity contribution >= 4 is 15.7 Å². The third kappa shape index (κ3) is 3.23. The molecule has 1 heterocycles. The number of aromatic nitrogens is 1. The number of rotatable bonds is 4. The zero-order valence-corrected chi connectivity index (χ0v) is 11.8. The Bertz CT molecular complexity index is 538. The minimum atomic E-state index is -3.66. The Hall–Kier alpha value is -1.18. The van der Waals surface area contributed by atoms with Gasteiger partial charge >= 0.3 is 0 Å². The van der Waals surface area contributed by atoms with Crippen molar-refractivity contribution in [3.63, 3.8) is 0 Å². The Morgan fingerprint density at radius 2 is 2.00 bits per heavy atom. The summed E-state index contributed by atoms with van der Waals surface area (Å²) in [5.41, 5.74) is 2.28. The highest BCUT2D eigenvalue weighted by molar-refractivity contribution is 7.89. The molecule has 0 spiro atoms. The van der Waals surface area contributed by atoms with E-state index in [-0.39, 0.29) is 10.6 Å². The maximum atomic E-state index is 12.4. The molecule has 0 aliphatic heterocycles. The smallest absolute Gasteiger partial charge is 0.260 e. The van der Waals surface area contributed by atoms with Gasteiger partial charge in [0, 0.05) is 11.7 Å². The standard InChI is InChI=1S/C12H20N4O2S/c1-12(7-3-2-4-8-12)16-19(17,18)11-10(15-13)6-5-9-14-11/h5-6,9,15-16H,2-4,7-8,13H2,1H3. The molecule has 106 valence electrons. The van der Waals surface area contributed by atoms with Gasteiger partial charge < -0.3 is 5.43 Å². The summed E-state index contributed by atoms with van der Waals surface area (Å²) in [6.07, 6.45) is 6.40. The molecular weight excluding hydrogens is 264 g/mol. The highest BCUT2D eigenvalue weighted by Crippen LogP contribution is 2.29. The van der Waals surface area contributed by atoms with Gasteiger partial charge in [-0.25, -0.2) is 18.1 Å². The summed E-state index contributed by atoms with van der Waals surface area (Å²) >= 11 is 0. The maximum Gasteiger partial charge on any atom is 0.260 e. The summed E-state index contributed by atoms with van der Waals surface area (Å²) < 4.78 is 27.6. The highest BCUT2D eigenvalue weighted by atomic mass is 32.2. The van der Waals surface area contributed by atoms with E-state index < -0.39 is 10.0 Å². The zero-order chi connectivity index (χ0) is 13.9. The molecule has 0 amide bonds. The quantitative estimate of drug-likeness (QED) is 0.573. The van der Waals surface area contributed by atoms with Crippen molar-refractivity contribution in [2.45, 2.75) is 49.6 Å². The molecule has 1 aliphatic rings. The molecule has 0 aromatic carbocycles. The van der Waals surface area contributed by atoms with Gasteiger partial charge in [0.25, 0.3) is 10.0 Å². The first-order valence-electron chi connectivity index (χ1n) is 6.42. The number of anilines is 1. The van der Waals surface area contributed by atoms with E-state index in [2.05, 4.69) is 15.1 Å². The van der Waals surface area contributed by atoms with Gasteiger partial charge in [-0.2, -0.15) is 0 Å². The maximum absolute atomic E-state index is 12.4. The van der Waals surface area contributed by atoms with Gasteiger partial charge in [0.05, 0.1) is 5.69 Å². The molecule has 19 heavy (non-hydrogen) atoms. The Labute approximate surface area is 113 Å². The van der Waals surface area contributed by atoms with Crippen molar-refractivity contribution in [1.29, 1.82) is 0 Å². The molecule has 1 aromatic heterocycles. The molecular formula is C12H20N4O2S. The van der Waals surface area contributed by atoms with Crippen LogP contribution in [0.1, 0.15) is 39.0 Å². The van der Waals surface area contributed by atoms with Gasteiger partial charge in [-0.1, -0.05) is 19.3 Å². The minimum absolute atomic E-state index is 0.0516. The lowest BCUT2D eigenvalue weighted by molar-refractivity contribution is 0.293. The second-order valence-corrected chi connectivity index (χ2v) is 6.82. The second kappa shape index (κ2) is 5.44. The number of nitrogens with one attached hydrogen (secondary N) is 2. The molecule has 0 saturated heterocycles. The lowest BCUT2D eigenvalue weighted by atomic mass is 9.84. The molecule has 0 bridgehead atoms. The predicted molar refractivity (Wildman–Crippen MR) is 73.9 cm³/mol. The third-order valence-corrected chi connectivity index (χ3v) is 5.12. The van der Waals surface area contributed by atoms with Crippen LogP contribution in [-0.2, 0) is 10.0 Å². The lowest BCUT2D eigenvalue weighted by Crippen LogP contribution is -2.47. The minimum Gasteiger partial charge on any atom is -0.321 e. The number of pyridine rings is 1. The summed E-state index contributed by atoms with van der Waals surface area (Å²) in [5.74, 6) is 5.33. The molecule has 2 rings (SSSR count). The molecule has 6 nitrogen and oxygen atoms in total. The van der Waals surface area contributed by atoms with Crippen LogP contribution in [0, 0.1) is 0 Å². The third-order valence-electron chi connectivity index (χ3n) is 3.52. The molecule has 0 radical (unpaired) electrons. The normalized spacial score (nSPS) is 19.1. The first-order chi connectivity index (χ1) is 8.97. The van der Waals surface area contributed by atoms with Gasteiger partial charge in [-0.3, -0.25) is 5.84 Å². The summed E-state index contributed by atoms with van der Waals surface area (Å²) in [6.45, 7) is 1.95. The SMILES string of the molecule is CC1(NS(=O)(=O)c2ncccc2NN)CCCCC1. The molecule has 0 unspecified atom stereocenters. The number of nitrogens with two attached hydrogens (primary N) is 1. The largest absolute Gasteiger partial charge is 0.321 e. The van der Waals surface area contributed by atoms with E-state index in [4.69, 9.17) is 5.84 Å². The summed E-state index contributed by atoms with van der Waals surface area (Å²) in [6, 6.07) is 3.22. The molecule has 1 aliphatic carbocycles. The van der Waals surface area contributed by atoms with E-state index >= 15 is 0 Å². The fourth-order valence-corrected chi connectivity index (χ4v) is 4.09. The molecule has 7 heteroatoms. The second-order valence-electron chi connectivity index (χ2n) is 5.23. The van der Waals surface area contributed by atoms with Crippen LogP contribution >= 0.6 is 0 Å². The van der Waals surface area contributed by atoms with E-state index in [9.17, 15) is 8.42 Å². The van der Waals surface area contributed by atoms with Gasteiger partial charge in [0.15, 0.2) is 5.03 Å². The average Bonchev–Trinajstić information content (AvgIpc) is 2.38. The van der Waals surface area contributed by atoms with Crippen LogP contribution in [0.3, 0.4) is 0 Å². The Kier molecular flexibility index (Phi) is 4.07. The van der Waals surface area contributed by atoms with Crippen LogP contribution in [0.5, 0.6) is 0 Å². The van der Waals surface area contributed by atoms with Crippen LogP contribution in [0.25, 0.3) is 0 Å². The van der Waals surface area contributed by atoms with Crippen molar-refractivity contribution in [2.75, 3.05) is 5.43 Å². The molecule has 4 N–H and O–H groups in total. The number of hydrazine groups is 1. The molecule has 1 saturated carbocycles.